The van der Waals surface area contributed by atoms with E-state index in [4.69, 9.17) is 5.73 Å². The summed E-state index contributed by atoms with van der Waals surface area (Å²) in [5.41, 5.74) is 9.78. The molecule has 0 saturated carbocycles. The Morgan fingerprint density at radius 3 is 2.33 bits per heavy atom. The Bertz CT molecular complexity index is 396. The minimum absolute atomic E-state index is 0.0102. The van der Waals surface area contributed by atoms with Crippen molar-refractivity contribution in [3.8, 4) is 0 Å². The molecule has 1 aromatic rings. The molecule has 0 bridgehead atoms. The predicted octanol–water partition coefficient (Wildman–Crippen LogP) is 1.87. The lowest BCUT2D eigenvalue weighted by atomic mass is 9.84. The molecule has 3 heteroatoms. The maximum Gasteiger partial charge on any atom is 0.0601 e. The Kier molecular flexibility index (Phi) is 4.91. The molecule has 2 atom stereocenters. The molecule has 0 spiro atoms. The van der Waals surface area contributed by atoms with Crippen molar-refractivity contribution < 1.29 is 5.11 Å². The summed E-state index contributed by atoms with van der Waals surface area (Å²) in [6, 6.07) is 6.19. The van der Waals surface area contributed by atoms with E-state index in [9.17, 15) is 5.11 Å². The van der Waals surface area contributed by atoms with Crippen molar-refractivity contribution in [3.63, 3.8) is 0 Å². The third kappa shape index (κ3) is 3.31. The zero-order valence-electron chi connectivity index (χ0n) is 12.1. The average molecular weight is 250 g/mol. The standard InChI is InChI=1S/C15H26N2O/c1-10-8-11(15(2,3)4)6-7-12(10)14(17-5)13(16)9-18/h6-8,13-14,17-18H,9,16H2,1-5H3. The zero-order chi connectivity index (χ0) is 13.9. The third-order valence-electron chi connectivity index (χ3n) is 3.42. The van der Waals surface area contributed by atoms with Crippen LogP contribution < -0.4 is 11.1 Å². The van der Waals surface area contributed by atoms with Crippen LogP contribution in [0.2, 0.25) is 0 Å². The minimum atomic E-state index is -0.283. The van der Waals surface area contributed by atoms with Crippen molar-refractivity contribution in [2.75, 3.05) is 13.7 Å². The lowest BCUT2D eigenvalue weighted by molar-refractivity contribution is 0.240. The Hall–Kier alpha value is -0.900. The van der Waals surface area contributed by atoms with E-state index in [0.29, 0.717) is 0 Å². The largest absolute Gasteiger partial charge is 0.395 e. The molecule has 0 aliphatic rings. The smallest absolute Gasteiger partial charge is 0.0601 e. The van der Waals surface area contributed by atoms with E-state index in [1.54, 1.807) is 0 Å². The fourth-order valence-electron chi connectivity index (χ4n) is 2.20. The second kappa shape index (κ2) is 5.83. The van der Waals surface area contributed by atoms with Crippen LogP contribution in [0.3, 0.4) is 0 Å². The SMILES string of the molecule is CNC(c1ccc(C(C)(C)C)cc1C)C(N)CO. The molecule has 1 rings (SSSR count). The number of rotatable bonds is 4. The van der Waals surface area contributed by atoms with Gasteiger partial charge in [-0.25, -0.2) is 0 Å². The van der Waals surface area contributed by atoms with Crippen LogP contribution in [0.4, 0.5) is 0 Å². The maximum atomic E-state index is 9.21. The van der Waals surface area contributed by atoms with Crippen LogP contribution in [0.5, 0.6) is 0 Å². The Morgan fingerprint density at radius 1 is 1.33 bits per heavy atom. The average Bonchev–Trinajstić information content (AvgIpc) is 2.30. The highest BCUT2D eigenvalue weighted by molar-refractivity contribution is 5.36. The van der Waals surface area contributed by atoms with E-state index < -0.39 is 0 Å². The molecule has 102 valence electrons. The maximum absolute atomic E-state index is 9.21. The van der Waals surface area contributed by atoms with Gasteiger partial charge in [-0.3, -0.25) is 0 Å². The van der Waals surface area contributed by atoms with Gasteiger partial charge in [0.15, 0.2) is 0 Å². The molecule has 2 unspecified atom stereocenters. The molecule has 0 aliphatic heterocycles. The topological polar surface area (TPSA) is 58.3 Å². The van der Waals surface area contributed by atoms with Crippen molar-refractivity contribution in [2.24, 2.45) is 5.73 Å². The van der Waals surface area contributed by atoms with E-state index in [-0.39, 0.29) is 24.1 Å². The van der Waals surface area contributed by atoms with E-state index in [2.05, 4.69) is 51.2 Å². The second-order valence-corrected chi connectivity index (χ2v) is 5.93. The lowest BCUT2D eigenvalue weighted by Gasteiger charge is -2.26. The van der Waals surface area contributed by atoms with Gasteiger partial charge >= 0.3 is 0 Å². The lowest BCUT2D eigenvalue weighted by Crippen LogP contribution is -2.39. The van der Waals surface area contributed by atoms with Crippen molar-refractivity contribution in [1.82, 2.24) is 5.32 Å². The summed E-state index contributed by atoms with van der Waals surface area (Å²) in [6.45, 7) is 8.69. The summed E-state index contributed by atoms with van der Waals surface area (Å²) in [5, 5.41) is 12.4. The number of aliphatic hydroxyl groups is 1. The number of benzene rings is 1. The zero-order valence-corrected chi connectivity index (χ0v) is 12.1. The number of nitrogens with one attached hydrogen (secondary N) is 1. The second-order valence-electron chi connectivity index (χ2n) is 5.93. The van der Waals surface area contributed by atoms with Gasteiger partial charge in [-0.15, -0.1) is 0 Å². The molecule has 18 heavy (non-hydrogen) atoms. The van der Waals surface area contributed by atoms with Crippen LogP contribution in [0.15, 0.2) is 18.2 Å². The molecule has 1 aromatic carbocycles. The summed E-state index contributed by atoms with van der Waals surface area (Å²) in [5.74, 6) is 0. The molecule has 0 radical (unpaired) electrons. The molecule has 0 saturated heterocycles. The summed E-state index contributed by atoms with van der Waals surface area (Å²) in [7, 11) is 1.87. The van der Waals surface area contributed by atoms with Crippen molar-refractivity contribution in [3.05, 3.63) is 34.9 Å². The fraction of sp³-hybridized carbons (Fsp3) is 0.600. The first-order chi connectivity index (χ1) is 8.31. The summed E-state index contributed by atoms with van der Waals surface area (Å²) < 4.78 is 0. The van der Waals surface area contributed by atoms with Gasteiger partial charge in [0, 0.05) is 12.1 Å². The molecule has 4 N–H and O–H groups in total. The number of likely N-dealkylation sites (N-methyl/N-ethyl adjacent to an activating group) is 1. The van der Waals surface area contributed by atoms with E-state index >= 15 is 0 Å². The fourth-order valence-corrected chi connectivity index (χ4v) is 2.20. The van der Waals surface area contributed by atoms with Gasteiger partial charge in [0.1, 0.15) is 0 Å². The number of hydrogen-bond acceptors (Lipinski definition) is 3. The van der Waals surface area contributed by atoms with Gasteiger partial charge in [-0.05, 0) is 36.1 Å². The highest BCUT2D eigenvalue weighted by Crippen LogP contribution is 2.27. The number of nitrogens with two attached hydrogens (primary N) is 1. The van der Waals surface area contributed by atoms with Gasteiger partial charge in [0.2, 0.25) is 0 Å². The first-order valence-corrected chi connectivity index (χ1v) is 6.46. The molecule has 3 nitrogen and oxygen atoms in total. The summed E-state index contributed by atoms with van der Waals surface area (Å²) in [6.07, 6.45) is 0. The van der Waals surface area contributed by atoms with Crippen LogP contribution >= 0.6 is 0 Å². The number of hydrogen-bond donors (Lipinski definition) is 3. The first-order valence-electron chi connectivity index (χ1n) is 6.46. The molecule has 0 aromatic heterocycles. The molecule has 0 aliphatic carbocycles. The minimum Gasteiger partial charge on any atom is -0.395 e. The molecular formula is C15H26N2O. The van der Waals surface area contributed by atoms with E-state index in [1.165, 1.54) is 11.1 Å². The normalized spacial score (nSPS) is 15.5. The van der Waals surface area contributed by atoms with Gasteiger partial charge in [-0.1, -0.05) is 39.0 Å². The van der Waals surface area contributed by atoms with Gasteiger partial charge in [0.05, 0.1) is 6.61 Å². The highest BCUT2D eigenvalue weighted by atomic mass is 16.3. The molecule has 0 amide bonds. The van der Waals surface area contributed by atoms with E-state index in [1.807, 2.05) is 7.05 Å². The van der Waals surface area contributed by atoms with E-state index in [0.717, 1.165) is 5.56 Å². The monoisotopic (exact) mass is 250 g/mol. The van der Waals surface area contributed by atoms with Crippen LogP contribution in [0.25, 0.3) is 0 Å². The Morgan fingerprint density at radius 2 is 1.94 bits per heavy atom. The van der Waals surface area contributed by atoms with Crippen molar-refractivity contribution in [1.29, 1.82) is 0 Å². The van der Waals surface area contributed by atoms with Crippen molar-refractivity contribution >= 4 is 0 Å². The van der Waals surface area contributed by atoms with Gasteiger partial charge in [-0.2, -0.15) is 0 Å². The van der Waals surface area contributed by atoms with Crippen LogP contribution in [0.1, 0.15) is 43.5 Å². The molecule has 0 heterocycles. The predicted molar refractivity (Wildman–Crippen MR) is 76.7 cm³/mol. The highest BCUT2D eigenvalue weighted by Gasteiger charge is 2.21. The van der Waals surface area contributed by atoms with Crippen LogP contribution in [-0.2, 0) is 5.41 Å². The number of aryl methyl sites for hydroxylation is 1. The quantitative estimate of drug-likeness (QED) is 0.764. The molecule has 0 fully saturated rings. The van der Waals surface area contributed by atoms with Gasteiger partial charge in [0.25, 0.3) is 0 Å². The summed E-state index contributed by atoms with van der Waals surface area (Å²) >= 11 is 0. The van der Waals surface area contributed by atoms with Crippen LogP contribution in [-0.4, -0.2) is 24.8 Å². The summed E-state index contributed by atoms with van der Waals surface area (Å²) in [4.78, 5) is 0. The van der Waals surface area contributed by atoms with Crippen molar-refractivity contribution in [2.45, 2.75) is 45.2 Å². The Labute approximate surface area is 110 Å². The van der Waals surface area contributed by atoms with Crippen LogP contribution in [0, 0.1) is 6.92 Å². The third-order valence-corrected chi connectivity index (χ3v) is 3.42. The molecular weight excluding hydrogens is 224 g/mol. The number of aliphatic hydroxyl groups excluding tert-OH is 1. The van der Waals surface area contributed by atoms with Gasteiger partial charge < -0.3 is 16.2 Å². The first kappa shape index (κ1) is 15.2. The Balaban J connectivity index is 3.12.